The van der Waals surface area contributed by atoms with E-state index in [1.807, 2.05) is 23.1 Å². The van der Waals surface area contributed by atoms with Crippen molar-refractivity contribution in [2.75, 3.05) is 44.3 Å². The number of nitrogens with zero attached hydrogens (tertiary/aromatic N) is 3. The van der Waals surface area contributed by atoms with E-state index in [4.69, 9.17) is 21.1 Å². The van der Waals surface area contributed by atoms with Crippen molar-refractivity contribution < 1.29 is 14.3 Å². The van der Waals surface area contributed by atoms with Gasteiger partial charge in [-0.05, 0) is 30.7 Å². The molecule has 148 valence electrons. The van der Waals surface area contributed by atoms with E-state index >= 15 is 0 Å². The summed E-state index contributed by atoms with van der Waals surface area (Å²) in [5.41, 5.74) is 2.91. The molecule has 2 saturated heterocycles. The topological polar surface area (TPSA) is 54.9 Å². The zero-order chi connectivity index (χ0) is 19.5. The molecule has 0 spiro atoms. The third-order valence-electron chi connectivity index (χ3n) is 5.24. The van der Waals surface area contributed by atoms with Crippen LogP contribution in [0, 0.1) is 6.92 Å². The van der Waals surface area contributed by atoms with Crippen LogP contribution in [0.2, 0.25) is 5.02 Å². The minimum absolute atomic E-state index is 0.00529. The Kier molecular flexibility index (Phi) is 5.69. The fourth-order valence-corrected chi connectivity index (χ4v) is 3.78. The summed E-state index contributed by atoms with van der Waals surface area (Å²) in [4.78, 5) is 21.3. The van der Waals surface area contributed by atoms with Crippen LogP contribution in [-0.4, -0.2) is 61.3 Å². The summed E-state index contributed by atoms with van der Waals surface area (Å²) < 4.78 is 11.1. The molecule has 2 aromatic rings. The first-order valence-corrected chi connectivity index (χ1v) is 9.99. The monoisotopic (exact) mass is 401 g/mol. The van der Waals surface area contributed by atoms with Crippen molar-refractivity contribution in [2.24, 2.45) is 0 Å². The number of pyridine rings is 1. The minimum atomic E-state index is 0.00529. The number of rotatable bonds is 4. The Labute approximate surface area is 170 Å². The van der Waals surface area contributed by atoms with Gasteiger partial charge in [-0.2, -0.15) is 0 Å². The number of aryl methyl sites for hydroxylation is 1. The summed E-state index contributed by atoms with van der Waals surface area (Å²) in [6.07, 6.45) is 2.52. The number of halogens is 1. The molecule has 1 amide bonds. The lowest BCUT2D eigenvalue weighted by atomic mass is 10.1. The summed E-state index contributed by atoms with van der Waals surface area (Å²) in [5, 5.41) is 0.733. The van der Waals surface area contributed by atoms with Crippen LogP contribution in [0.3, 0.4) is 0 Å². The first kappa shape index (κ1) is 19.0. The lowest BCUT2D eigenvalue weighted by Crippen LogP contribution is -2.49. The molecule has 0 saturated carbocycles. The summed E-state index contributed by atoms with van der Waals surface area (Å²) >= 11 is 6.15. The van der Waals surface area contributed by atoms with Gasteiger partial charge in [-0.25, -0.2) is 4.98 Å². The number of amides is 1. The van der Waals surface area contributed by atoms with Gasteiger partial charge in [0.25, 0.3) is 5.91 Å². The normalized spacial score (nSPS) is 19.7. The third-order valence-corrected chi connectivity index (χ3v) is 5.47. The molecule has 1 atom stereocenters. The lowest BCUT2D eigenvalue weighted by molar-refractivity contribution is 0.0746. The SMILES string of the molecule is Cc1ccc(Cl)cc1N1CCN(C(=O)c2ccc(OC3CCOC3)nc2)CC1. The van der Waals surface area contributed by atoms with E-state index < -0.39 is 0 Å². The van der Waals surface area contributed by atoms with Gasteiger partial charge in [0.05, 0.1) is 18.8 Å². The molecule has 2 fully saturated rings. The number of hydrogen-bond donors (Lipinski definition) is 0. The standard InChI is InChI=1S/C21H24ClN3O3/c1-15-2-4-17(22)12-19(15)24-7-9-25(10-8-24)21(26)16-3-5-20(23-13-16)28-18-6-11-27-14-18/h2-5,12-13,18H,6-11,14H2,1H3. The highest BCUT2D eigenvalue weighted by Gasteiger charge is 2.24. The van der Waals surface area contributed by atoms with Gasteiger partial charge >= 0.3 is 0 Å². The second kappa shape index (κ2) is 8.37. The third kappa shape index (κ3) is 4.23. The molecule has 4 rings (SSSR count). The van der Waals surface area contributed by atoms with Crippen LogP contribution in [0.1, 0.15) is 22.3 Å². The van der Waals surface area contributed by atoms with Crippen molar-refractivity contribution >= 4 is 23.2 Å². The van der Waals surface area contributed by atoms with E-state index in [1.165, 1.54) is 5.56 Å². The number of carbonyl (C=O) groups excluding carboxylic acids is 1. The second-order valence-corrected chi connectivity index (χ2v) is 7.64. The van der Waals surface area contributed by atoms with Gasteiger partial charge < -0.3 is 19.3 Å². The summed E-state index contributed by atoms with van der Waals surface area (Å²) in [6.45, 7) is 6.30. The van der Waals surface area contributed by atoms with Crippen molar-refractivity contribution in [3.05, 3.63) is 52.7 Å². The smallest absolute Gasteiger partial charge is 0.255 e. The second-order valence-electron chi connectivity index (χ2n) is 7.20. The zero-order valence-corrected chi connectivity index (χ0v) is 16.7. The van der Waals surface area contributed by atoms with E-state index in [0.29, 0.717) is 31.1 Å². The average molecular weight is 402 g/mol. The van der Waals surface area contributed by atoms with Crippen LogP contribution < -0.4 is 9.64 Å². The molecule has 0 bridgehead atoms. The van der Waals surface area contributed by atoms with Crippen LogP contribution in [-0.2, 0) is 4.74 Å². The number of carbonyl (C=O) groups is 1. The molecule has 1 aromatic carbocycles. The largest absolute Gasteiger partial charge is 0.472 e. The molecule has 0 N–H and O–H groups in total. The quantitative estimate of drug-likeness (QED) is 0.787. The molecule has 1 unspecified atom stereocenters. The van der Waals surface area contributed by atoms with Crippen molar-refractivity contribution in [2.45, 2.75) is 19.4 Å². The number of hydrogen-bond acceptors (Lipinski definition) is 5. The zero-order valence-electron chi connectivity index (χ0n) is 15.9. The number of piperazine rings is 1. The molecule has 2 aliphatic rings. The van der Waals surface area contributed by atoms with Crippen LogP contribution in [0.25, 0.3) is 0 Å². The van der Waals surface area contributed by atoms with Crippen LogP contribution in [0.4, 0.5) is 5.69 Å². The molecule has 7 heteroatoms. The Balaban J connectivity index is 1.35. The Hall–Kier alpha value is -2.31. The van der Waals surface area contributed by atoms with Crippen LogP contribution in [0.15, 0.2) is 36.5 Å². The fraction of sp³-hybridized carbons (Fsp3) is 0.429. The predicted molar refractivity (Wildman–Crippen MR) is 108 cm³/mol. The van der Waals surface area contributed by atoms with E-state index in [1.54, 1.807) is 18.3 Å². The van der Waals surface area contributed by atoms with Gasteiger partial charge in [-0.15, -0.1) is 0 Å². The highest BCUT2D eigenvalue weighted by atomic mass is 35.5. The Morgan fingerprint density at radius 3 is 2.71 bits per heavy atom. The molecular formula is C21H24ClN3O3. The van der Waals surface area contributed by atoms with Gasteiger partial charge in [-0.1, -0.05) is 17.7 Å². The van der Waals surface area contributed by atoms with Gasteiger partial charge in [0.2, 0.25) is 5.88 Å². The summed E-state index contributed by atoms with van der Waals surface area (Å²) in [7, 11) is 0. The maximum atomic E-state index is 12.8. The van der Waals surface area contributed by atoms with Crippen molar-refractivity contribution in [3.8, 4) is 5.88 Å². The maximum Gasteiger partial charge on any atom is 0.255 e. The molecule has 0 aliphatic carbocycles. The van der Waals surface area contributed by atoms with E-state index in [0.717, 1.165) is 36.8 Å². The maximum absolute atomic E-state index is 12.8. The van der Waals surface area contributed by atoms with E-state index in [-0.39, 0.29) is 12.0 Å². The van der Waals surface area contributed by atoms with E-state index in [2.05, 4.69) is 16.8 Å². The van der Waals surface area contributed by atoms with Crippen molar-refractivity contribution in [3.63, 3.8) is 0 Å². The fourth-order valence-electron chi connectivity index (χ4n) is 3.61. The molecular weight excluding hydrogens is 378 g/mol. The first-order valence-electron chi connectivity index (χ1n) is 9.61. The highest BCUT2D eigenvalue weighted by molar-refractivity contribution is 6.30. The molecule has 3 heterocycles. The van der Waals surface area contributed by atoms with E-state index in [9.17, 15) is 4.79 Å². The van der Waals surface area contributed by atoms with Gasteiger partial charge in [0.15, 0.2) is 0 Å². The average Bonchev–Trinajstić information content (AvgIpc) is 3.23. The predicted octanol–water partition coefficient (Wildman–Crippen LogP) is 3.17. The molecule has 6 nitrogen and oxygen atoms in total. The lowest BCUT2D eigenvalue weighted by Gasteiger charge is -2.37. The molecule has 0 radical (unpaired) electrons. The summed E-state index contributed by atoms with van der Waals surface area (Å²) in [6, 6.07) is 9.47. The van der Waals surface area contributed by atoms with Crippen LogP contribution in [0.5, 0.6) is 5.88 Å². The van der Waals surface area contributed by atoms with Crippen molar-refractivity contribution in [1.29, 1.82) is 0 Å². The van der Waals surface area contributed by atoms with Gasteiger partial charge in [0.1, 0.15) is 6.10 Å². The number of anilines is 1. The van der Waals surface area contributed by atoms with Crippen LogP contribution >= 0.6 is 11.6 Å². The number of aromatic nitrogens is 1. The Morgan fingerprint density at radius 2 is 2.04 bits per heavy atom. The molecule has 1 aromatic heterocycles. The van der Waals surface area contributed by atoms with Gasteiger partial charge in [-0.3, -0.25) is 4.79 Å². The summed E-state index contributed by atoms with van der Waals surface area (Å²) in [5.74, 6) is 0.541. The number of ether oxygens (including phenoxy) is 2. The molecule has 2 aliphatic heterocycles. The highest BCUT2D eigenvalue weighted by Crippen LogP contribution is 2.25. The molecule has 28 heavy (non-hydrogen) atoms. The van der Waals surface area contributed by atoms with Crippen molar-refractivity contribution in [1.82, 2.24) is 9.88 Å². The Bertz CT molecular complexity index is 829. The van der Waals surface area contributed by atoms with Gasteiger partial charge in [0, 0.05) is 55.6 Å². The minimum Gasteiger partial charge on any atom is -0.472 e. The first-order chi connectivity index (χ1) is 13.6. The number of benzene rings is 1. The Morgan fingerprint density at radius 1 is 1.21 bits per heavy atom.